The monoisotopic (exact) mass is 420 g/mol. The minimum absolute atomic E-state index is 0.216. The average Bonchev–Trinajstić information content (AvgIpc) is 3.11. The smallest absolute Gasteiger partial charge is 0.506 e. The molecule has 160 valence electrons. The lowest BCUT2D eigenvalue weighted by Gasteiger charge is -2.22. The third-order valence-electron chi connectivity index (χ3n) is 6.62. The largest absolute Gasteiger partial charge is 0.508 e. The molecule has 0 unspecified atom stereocenters. The number of pyridine rings is 2. The summed E-state index contributed by atoms with van der Waals surface area (Å²) >= 11 is 0. The van der Waals surface area contributed by atoms with Gasteiger partial charge in [-0.05, 0) is 60.9 Å². The lowest BCUT2D eigenvalue weighted by atomic mass is 9.84. The third-order valence-corrected chi connectivity index (χ3v) is 6.62. The van der Waals surface area contributed by atoms with Crippen molar-refractivity contribution in [2.75, 3.05) is 0 Å². The van der Waals surface area contributed by atoms with E-state index in [4.69, 9.17) is 14.8 Å². The lowest BCUT2D eigenvalue weighted by Crippen LogP contribution is -2.26. The molecule has 2 N–H and O–H groups in total. The van der Waals surface area contributed by atoms with Crippen LogP contribution in [0.3, 0.4) is 0 Å². The number of nitrogens with zero attached hydrogens (tertiary/aromatic N) is 2. The molecule has 0 spiro atoms. The van der Waals surface area contributed by atoms with Crippen molar-refractivity contribution < 1.29 is 19.7 Å². The van der Waals surface area contributed by atoms with Gasteiger partial charge in [0, 0.05) is 17.0 Å². The van der Waals surface area contributed by atoms with E-state index in [1.165, 1.54) is 5.56 Å². The third kappa shape index (κ3) is 2.91. The molecule has 0 atom stereocenters. The number of ether oxygens (including phenoxy) is 1. The number of hydrogen-bond donors (Lipinski definition) is 2. The highest BCUT2D eigenvalue weighted by Crippen LogP contribution is 2.42. The van der Waals surface area contributed by atoms with Crippen LogP contribution >= 0.6 is 0 Å². The molecule has 3 aromatic rings. The van der Waals surface area contributed by atoms with Crippen molar-refractivity contribution in [3.63, 3.8) is 0 Å². The van der Waals surface area contributed by atoms with Crippen molar-refractivity contribution in [3.05, 3.63) is 55.9 Å². The van der Waals surface area contributed by atoms with E-state index in [9.17, 15) is 14.7 Å². The summed E-state index contributed by atoms with van der Waals surface area (Å²) in [6.45, 7) is 4.13. The fraction of sp³-hybridized carbons (Fsp3) is 0.375. The van der Waals surface area contributed by atoms with Gasteiger partial charge in [-0.3, -0.25) is 4.79 Å². The SMILES string of the molecule is CCCc1cc2n(c(=O)c1COC(=O)O)Cc1c-2nc2cc(O)c(C)c3c2c1CCC3. The molecule has 3 heterocycles. The van der Waals surface area contributed by atoms with E-state index in [-0.39, 0.29) is 17.9 Å². The molecule has 7 nitrogen and oxygen atoms in total. The molecule has 0 amide bonds. The summed E-state index contributed by atoms with van der Waals surface area (Å²) in [6.07, 6.45) is 2.90. The van der Waals surface area contributed by atoms with Crippen LogP contribution in [0.2, 0.25) is 0 Å². The molecule has 7 heteroatoms. The van der Waals surface area contributed by atoms with Crippen molar-refractivity contribution in [1.29, 1.82) is 0 Å². The number of hydrogen-bond acceptors (Lipinski definition) is 5. The number of rotatable bonds is 4. The van der Waals surface area contributed by atoms with Crippen LogP contribution in [0.15, 0.2) is 16.9 Å². The maximum atomic E-state index is 13.3. The number of aromatic nitrogens is 2. The number of aryl methyl sites for hydroxylation is 3. The van der Waals surface area contributed by atoms with Gasteiger partial charge in [0.1, 0.15) is 12.4 Å². The number of aromatic hydroxyl groups is 1. The number of benzene rings is 1. The van der Waals surface area contributed by atoms with Gasteiger partial charge >= 0.3 is 6.16 Å². The predicted octanol–water partition coefficient (Wildman–Crippen LogP) is 4.08. The zero-order chi connectivity index (χ0) is 21.9. The number of carboxylic acid groups (broad SMARTS) is 1. The molecule has 0 radical (unpaired) electrons. The summed E-state index contributed by atoms with van der Waals surface area (Å²) in [7, 11) is 0. The Morgan fingerprint density at radius 2 is 2.00 bits per heavy atom. The summed E-state index contributed by atoms with van der Waals surface area (Å²) < 4.78 is 6.44. The van der Waals surface area contributed by atoms with Gasteiger partial charge in [-0.1, -0.05) is 13.3 Å². The molecule has 0 bridgehead atoms. The number of phenols is 1. The molecule has 2 aliphatic rings. The molecule has 0 saturated heterocycles. The first-order valence-electron chi connectivity index (χ1n) is 10.7. The van der Waals surface area contributed by atoms with Crippen LogP contribution < -0.4 is 5.56 Å². The second kappa shape index (κ2) is 7.11. The standard InChI is InChI=1S/C24H24N2O5/c1-3-5-13-8-19-22-16(10-26(19)23(28)17(13)11-31-24(29)30)15-7-4-6-14-12(2)20(27)9-18(25-22)21(14)15/h8-9,27H,3-7,10-11H2,1-2H3,(H,29,30). The van der Waals surface area contributed by atoms with Crippen molar-refractivity contribution in [3.8, 4) is 17.1 Å². The number of phenolic OH excluding ortho intramolecular Hbond substituents is 1. The maximum Gasteiger partial charge on any atom is 0.506 e. The molecular weight excluding hydrogens is 396 g/mol. The molecule has 1 aliphatic carbocycles. The fourth-order valence-electron chi connectivity index (χ4n) is 5.16. The van der Waals surface area contributed by atoms with Gasteiger partial charge in [0.05, 0.1) is 29.0 Å². The lowest BCUT2D eigenvalue weighted by molar-refractivity contribution is 0.0847. The van der Waals surface area contributed by atoms with Gasteiger partial charge in [-0.15, -0.1) is 0 Å². The molecule has 0 fully saturated rings. The first-order chi connectivity index (χ1) is 14.9. The summed E-state index contributed by atoms with van der Waals surface area (Å²) in [5.74, 6) is 0.256. The Kier molecular flexibility index (Phi) is 4.50. The molecule has 2 aromatic heterocycles. The normalized spacial score (nSPS) is 13.9. The first kappa shape index (κ1) is 19.6. The van der Waals surface area contributed by atoms with E-state index in [1.54, 1.807) is 10.6 Å². The van der Waals surface area contributed by atoms with Gasteiger partial charge in [0.15, 0.2) is 0 Å². The van der Waals surface area contributed by atoms with E-state index in [0.29, 0.717) is 18.5 Å². The highest BCUT2D eigenvalue weighted by molar-refractivity contribution is 5.93. The summed E-state index contributed by atoms with van der Waals surface area (Å²) in [5, 5.41) is 20.5. The van der Waals surface area contributed by atoms with Crippen molar-refractivity contribution in [2.45, 2.75) is 59.1 Å². The highest BCUT2D eigenvalue weighted by Gasteiger charge is 2.30. The molecule has 5 rings (SSSR count). The van der Waals surface area contributed by atoms with E-state index in [1.807, 2.05) is 19.9 Å². The Labute approximate surface area is 178 Å². The quantitative estimate of drug-likeness (QED) is 0.483. The van der Waals surface area contributed by atoms with Crippen LogP contribution in [0.5, 0.6) is 5.75 Å². The van der Waals surface area contributed by atoms with Crippen molar-refractivity contribution in [1.82, 2.24) is 9.55 Å². The molecule has 1 aromatic carbocycles. The Balaban J connectivity index is 1.76. The van der Waals surface area contributed by atoms with Crippen LogP contribution in [0, 0.1) is 6.92 Å². The Morgan fingerprint density at radius 1 is 1.23 bits per heavy atom. The molecular formula is C24H24N2O5. The Bertz CT molecular complexity index is 1320. The highest BCUT2D eigenvalue weighted by atomic mass is 16.7. The van der Waals surface area contributed by atoms with Crippen LogP contribution in [0.25, 0.3) is 22.3 Å². The molecule has 1 aliphatic heterocycles. The first-order valence-corrected chi connectivity index (χ1v) is 10.7. The van der Waals surface area contributed by atoms with Crippen molar-refractivity contribution >= 4 is 17.1 Å². The average molecular weight is 420 g/mol. The van der Waals surface area contributed by atoms with Crippen LogP contribution in [-0.4, -0.2) is 25.9 Å². The van der Waals surface area contributed by atoms with Gasteiger partial charge in [0.25, 0.3) is 5.56 Å². The predicted molar refractivity (Wildman–Crippen MR) is 116 cm³/mol. The summed E-state index contributed by atoms with van der Waals surface area (Å²) in [6, 6.07) is 3.69. The minimum atomic E-state index is -1.39. The zero-order valence-corrected chi connectivity index (χ0v) is 17.6. The van der Waals surface area contributed by atoms with Crippen molar-refractivity contribution in [2.24, 2.45) is 0 Å². The Hall–Kier alpha value is -3.35. The van der Waals surface area contributed by atoms with Gasteiger partial charge < -0.3 is 19.5 Å². The van der Waals surface area contributed by atoms with Crippen LogP contribution in [0.4, 0.5) is 4.79 Å². The Morgan fingerprint density at radius 3 is 2.74 bits per heavy atom. The summed E-state index contributed by atoms with van der Waals surface area (Å²) in [4.78, 5) is 29.2. The van der Waals surface area contributed by atoms with Crippen LogP contribution in [-0.2, 0) is 37.2 Å². The van der Waals surface area contributed by atoms with E-state index in [2.05, 4.69) is 0 Å². The van der Waals surface area contributed by atoms with E-state index >= 15 is 0 Å². The van der Waals surface area contributed by atoms with Gasteiger partial charge in [-0.2, -0.15) is 0 Å². The number of carbonyl (C=O) groups is 1. The topological polar surface area (TPSA) is 102 Å². The van der Waals surface area contributed by atoms with E-state index < -0.39 is 6.16 Å². The van der Waals surface area contributed by atoms with Gasteiger partial charge in [0.2, 0.25) is 0 Å². The number of fused-ring (bicyclic) bond motifs is 4. The maximum absolute atomic E-state index is 13.3. The second-order valence-electron chi connectivity index (χ2n) is 8.39. The summed E-state index contributed by atoms with van der Waals surface area (Å²) in [5.41, 5.74) is 7.63. The second-order valence-corrected chi connectivity index (χ2v) is 8.39. The van der Waals surface area contributed by atoms with Crippen LogP contribution in [0.1, 0.15) is 53.1 Å². The molecule has 0 saturated carbocycles. The molecule has 31 heavy (non-hydrogen) atoms. The zero-order valence-electron chi connectivity index (χ0n) is 17.6. The minimum Gasteiger partial charge on any atom is -0.508 e. The van der Waals surface area contributed by atoms with Gasteiger partial charge in [-0.25, -0.2) is 9.78 Å². The van der Waals surface area contributed by atoms with E-state index in [0.717, 1.165) is 70.2 Å². The fourth-order valence-corrected chi connectivity index (χ4v) is 5.16.